The lowest BCUT2D eigenvalue weighted by atomic mass is 9.73. The molecule has 0 spiro atoms. The normalized spacial score (nSPS) is 22.7. The molecule has 2 aliphatic heterocycles. The summed E-state index contributed by atoms with van der Waals surface area (Å²) < 4.78 is 11.3. The van der Waals surface area contributed by atoms with Crippen LogP contribution in [0, 0.1) is 11.3 Å². The first kappa shape index (κ1) is 26.1. The van der Waals surface area contributed by atoms with E-state index in [1.165, 1.54) is 0 Å². The van der Waals surface area contributed by atoms with E-state index in [1.807, 2.05) is 47.4 Å². The van der Waals surface area contributed by atoms with Crippen molar-refractivity contribution in [3.8, 4) is 11.5 Å². The van der Waals surface area contributed by atoms with Crippen LogP contribution >= 0.6 is 0 Å². The standard InChI is InChI=1S/C31H39N3O4/c1-20-9-8-14-33(18-20)28(36)19-34-25-11-7-6-10-23(25)32-24-16-31(2,3)17-26(35)29(24)30(34)22-13-12-21(37-4)15-27(22)38-5/h6-7,10-13,15,20,30,32H,8-9,14,16-19H2,1-5H3. The molecule has 7 heteroatoms. The number of nitrogens with zero attached hydrogens (tertiary/aromatic N) is 2. The quantitative estimate of drug-likeness (QED) is 0.559. The number of benzene rings is 2. The number of rotatable bonds is 5. The summed E-state index contributed by atoms with van der Waals surface area (Å²) in [5.41, 5.74) is 4.11. The summed E-state index contributed by atoms with van der Waals surface area (Å²) in [5, 5.41) is 3.62. The van der Waals surface area contributed by atoms with Crippen molar-refractivity contribution in [2.24, 2.45) is 11.3 Å². The van der Waals surface area contributed by atoms with Gasteiger partial charge in [0.05, 0.1) is 38.2 Å². The van der Waals surface area contributed by atoms with Gasteiger partial charge in [0.25, 0.3) is 0 Å². The molecule has 0 radical (unpaired) electrons. The third-order valence-electron chi connectivity index (χ3n) is 8.05. The smallest absolute Gasteiger partial charge is 0.242 e. The number of anilines is 2. The van der Waals surface area contributed by atoms with E-state index >= 15 is 0 Å². The molecule has 1 fully saturated rings. The fourth-order valence-electron chi connectivity index (χ4n) is 6.26. The van der Waals surface area contributed by atoms with Crippen molar-refractivity contribution in [2.75, 3.05) is 44.1 Å². The summed E-state index contributed by atoms with van der Waals surface area (Å²) in [6, 6.07) is 13.3. The van der Waals surface area contributed by atoms with Crippen LogP contribution in [0.3, 0.4) is 0 Å². The monoisotopic (exact) mass is 517 g/mol. The number of hydrogen-bond donors (Lipinski definition) is 1. The van der Waals surface area contributed by atoms with Gasteiger partial charge in [-0.3, -0.25) is 9.59 Å². The summed E-state index contributed by atoms with van der Waals surface area (Å²) in [6.07, 6.45) is 3.35. The van der Waals surface area contributed by atoms with Crippen LogP contribution in [0.2, 0.25) is 0 Å². The average Bonchev–Trinajstić information content (AvgIpc) is 3.02. The lowest BCUT2D eigenvalue weighted by molar-refractivity contribution is -0.131. The number of piperidine rings is 1. The number of hydrogen-bond acceptors (Lipinski definition) is 6. The second-order valence-corrected chi connectivity index (χ2v) is 11.7. The molecule has 7 nitrogen and oxygen atoms in total. The number of Topliss-reactive ketones (excluding diaryl/α,β-unsaturated/α-hetero) is 1. The molecule has 0 aromatic heterocycles. The zero-order chi connectivity index (χ0) is 27.0. The summed E-state index contributed by atoms with van der Waals surface area (Å²) in [7, 11) is 3.26. The molecule has 1 aliphatic carbocycles. The Morgan fingerprint density at radius 2 is 1.89 bits per heavy atom. The Bertz CT molecular complexity index is 1270. The number of ether oxygens (including phenoxy) is 2. The number of nitrogens with one attached hydrogen (secondary N) is 1. The number of para-hydroxylation sites is 2. The van der Waals surface area contributed by atoms with E-state index in [4.69, 9.17) is 9.47 Å². The highest BCUT2D eigenvalue weighted by molar-refractivity contribution is 6.02. The molecule has 0 bridgehead atoms. The topological polar surface area (TPSA) is 71.1 Å². The average molecular weight is 518 g/mol. The van der Waals surface area contributed by atoms with Crippen LogP contribution in [0.5, 0.6) is 11.5 Å². The first-order valence-electron chi connectivity index (χ1n) is 13.6. The van der Waals surface area contributed by atoms with Gasteiger partial charge in [-0.05, 0) is 54.9 Å². The van der Waals surface area contributed by atoms with Crippen LogP contribution in [0.15, 0.2) is 53.7 Å². The molecule has 0 saturated carbocycles. The summed E-state index contributed by atoms with van der Waals surface area (Å²) >= 11 is 0. The van der Waals surface area contributed by atoms with Gasteiger partial charge in [-0.15, -0.1) is 0 Å². The number of amides is 1. The number of fused-ring (bicyclic) bond motifs is 1. The Morgan fingerprint density at radius 1 is 1.11 bits per heavy atom. The Balaban J connectivity index is 1.69. The van der Waals surface area contributed by atoms with Gasteiger partial charge in [-0.25, -0.2) is 0 Å². The molecule has 38 heavy (non-hydrogen) atoms. The number of ketones is 1. The minimum atomic E-state index is -0.489. The van der Waals surface area contributed by atoms with E-state index in [2.05, 4.69) is 31.0 Å². The van der Waals surface area contributed by atoms with E-state index in [0.717, 1.165) is 55.0 Å². The van der Waals surface area contributed by atoms with Gasteiger partial charge >= 0.3 is 0 Å². The first-order valence-corrected chi connectivity index (χ1v) is 13.6. The van der Waals surface area contributed by atoms with Crippen LogP contribution in [0.4, 0.5) is 11.4 Å². The third kappa shape index (κ3) is 4.98. The molecule has 5 rings (SSSR count). The molecular formula is C31H39N3O4. The molecular weight excluding hydrogens is 478 g/mol. The second kappa shape index (κ2) is 10.4. The lowest BCUT2D eigenvalue weighted by Crippen LogP contribution is -2.46. The summed E-state index contributed by atoms with van der Waals surface area (Å²) in [6.45, 7) is 8.18. The summed E-state index contributed by atoms with van der Waals surface area (Å²) in [5.74, 6) is 1.97. The molecule has 1 amide bonds. The minimum absolute atomic E-state index is 0.0801. The SMILES string of the molecule is COc1ccc(C2C3=C(CC(C)(C)CC3=O)Nc3ccccc3N2CC(=O)N2CCCC(C)C2)c(OC)c1. The molecule has 2 unspecified atom stereocenters. The maximum atomic E-state index is 13.9. The van der Waals surface area contributed by atoms with Gasteiger partial charge in [0.15, 0.2) is 5.78 Å². The van der Waals surface area contributed by atoms with Gasteiger partial charge in [0, 0.05) is 42.4 Å². The molecule has 1 saturated heterocycles. The number of allylic oxidation sites excluding steroid dienone is 1. The van der Waals surface area contributed by atoms with Crippen LogP contribution in [0.1, 0.15) is 58.1 Å². The van der Waals surface area contributed by atoms with Gasteiger partial charge in [-0.1, -0.05) is 32.9 Å². The van der Waals surface area contributed by atoms with E-state index < -0.39 is 6.04 Å². The Labute approximate surface area is 225 Å². The van der Waals surface area contributed by atoms with Crippen molar-refractivity contribution >= 4 is 23.1 Å². The van der Waals surface area contributed by atoms with Crippen molar-refractivity contribution in [3.05, 3.63) is 59.3 Å². The molecule has 2 aromatic carbocycles. The number of carbonyl (C=O) groups is 2. The molecule has 2 aromatic rings. The highest BCUT2D eigenvalue weighted by atomic mass is 16.5. The van der Waals surface area contributed by atoms with Crippen LogP contribution in [0.25, 0.3) is 0 Å². The van der Waals surface area contributed by atoms with E-state index in [-0.39, 0.29) is 23.7 Å². The number of likely N-dealkylation sites (tertiary alicyclic amines) is 1. The zero-order valence-electron chi connectivity index (χ0n) is 23.2. The van der Waals surface area contributed by atoms with Crippen molar-refractivity contribution in [3.63, 3.8) is 0 Å². The van der Waals surface area contributed by atoms with E-state index in [9.17, 15) is 9.59 Å². The van der Waals surface area contributed by atoms with Crippen LogP contribution in [-0.4, -0.2) is 50.4 Å². The van der Waals surface area contributed by atoms with Crippen molar-refractivity contribution < 1.29 is 19.1 Å². The highest BCUT2D eigenvalue weighted by Crippen LogP contribution is 2.50. The second-order valence-electron chi connectivity index (χ2n) is 11.7. The van der Waals surface area contributed by atoms with Gasteiger partial charge < -0.3 is 24.6 Å². The lowest BCUT2D eigenvalue weighted by Gasteiger charge is -2.39. The fraction of sp³-hybridized carbons (Fsp3) is 0.484. The fourth-order valence-corrected chi connectivity index (χ4v) is 6.26. The zero-order valence-corrected chi connectivity index (χ0v) is 23.2. The van der Waals surface area contributed by atoms with Gasteiger partial charge in [0.1, 0.15) is 11.5 Å². The van der Waals surface area contributed by atoms with Crippen LogP contribution in [-0.2, 0) is 9.59 Å². The maximum Gasteiger partial charge on any atom is 0.242 e. The first-order chi connectivity index (χ1) is 18.2. The largest absolute Gasteiger partial charge is 0.497 e. The van der Waals surface area contributed by atoms with Gasteiger partial charge in [0.2, 0.25) is 5.91 Å². The third-order valence-corrected chi connectivity index (χ3v) is 8.05. The molecule has 202 valence electrons. The van der Waals surface area contributed by atoms with Gasteiger partial charge in [-0.2, -0.15) is 0 Å². The highest BCUT2D eigenvalue weighted by Gasteiger charge is 2.43. The van der Waals surface area contributed by atoms with Crippen molar-refractivity contribution in [1.82, 2.24) is 4.90 Å². The summed E-state index contributed by atoms with van der Waals surface area (Å²) in [4.78, 5) is 31.9. The predicted octanol–water partition coefficient (Wildman–Crippen LogP) is 5.58. The van der Waals surface area contributed by atoms with Crippen molar-refractivity contribution in [1.29, 1.82) is 0 Å². The molecule has 2 atom stereocenters. The van der Waals surface area contributed by atoms with E-state index in [1.54, 1.807) is 14.2 Å². The molecule has 1 N–H and O–H groups in total. The molecule has 2 heterocycles. The number of carbonyl (C=O) groups excluding carboxylic acids is 2. The minimum Gasteiger partial charge on any atom is -0.497 e. The Morgan fingerprint density at radius 3 is 2.63 bits per heavy atom. The van der Waals surface area contributed by atoms with Crippen molar-refractivity contribution in [2.45, 2.75) is 52.5 Å². The predicted molar refractivity (Wildman–Crippen MR) is 150 cm³/mol. The Kier molecular flexibility index (Phi) is 7.12. The number of methoxy groups -OCH3 is 2. The molecule has 3 aliphatic rings. The maximum absolute atomic E-state index is 13.9. The Hall–Kier alpha value is -3.48. The van der Waals surface area contributed by atoms with E-state index in [0.29, 0.717) is 29.4 Å². The van der Waals surface area contributed by atoms with Crippen LogP contribution < -0.4 is 19.7 Å².